The predicted molar refractivity (Wildman–Crippen MR) is 173 cm³/mol. The fourth-order valence-corrected chi connectivity index (χ4v) is 5.59. The molecule has 0 spiro atoms. The van der Waals surface area contributed by atoms with Gasteiger partial charge in [-0.1, -0.05) is 58.4 Å². The molecule has 2 atom stereocenters. The minimum atomic E-state index is -4.81. The molecule has 1 amide bonds. The summed E-state index contributed by atoms with van der Waals surface area (Å²) < 4.78 is 60.4. The molecule has 246 valence electrons. The highest BCUT2D eigenvalue weighted by Crippen LogP contribution is 2.44. The maximum atomic E-state index is 14.5. The maximum absolute atomic E-state index is 14.5. The van der Waals surface area contributed by atoms with Crippen LogP contribution in [0.5, 0.6) is 17.2 Å². The molecule has 1 aliphatic rings. The number of hydrogen-bond acceptors (Lipinski definition) is 7. The zero-order valence-electron chi connectivity index (χ0n) is 25.3. The average molecular weight is 714 g/mol. The SMILES string of the molecule is COc1cccc([C@H]2OC(c3ccc(OCCCO)cc3)=N[C@@]2(Cc2ccccc2Br)C(=O)NCc2ccc(OC(F)(F)F)cc2)c1. The monoisotopic (exact) mass is 712 g/mol. The highest BCUT2D eigenvalue weighted by Gasteiger charge is 2.53. The number of rotatable bonds is 13. The number of nitrogens with one attached hydrogen (secondary N) is 1. The Kier molecular flexibility index (Phi) is 10.7. The summed E-state index contributed by atoms with van der Waals surface area (Å²) in [5.74, 6) is 0.611. The average Bonchev–Trinajstić information content (AvgIpc) is 3.45. The molecular formula is C35H32BrF3N2O6. The molecule has 0 radical (unpaired) electrons. The summed E-state index contributed by atoms with van der Waals surface area (Å²) in [6.07, 6.45) is -5.05. The van der Waals surface area contributed by atoms with Crippen LogP contribution in [-0.2, 0) is 22.5 Å². The van der Waals surface area contributed by atoms with Gasteiger partial charge in [0, 0.05) is 36.0 Å². The third-order valence-electron chi connectivity index (χ3n) is 7.45. The molecule has 8 nitrogen and oxygen atoms in total. The van der Waals surface area contributed by atoms with Crippen molar-refractivity contribution in [2.24, 2.45) is 4.99 Å². The van der Waals surface area contributed by atoms with Gasteiger partial charge in [-0.15, -0.1) is 13.2 Å². The van der Waals surface area contributed by atoms with Gasteiger partial charge in [-0.05, 0) is 71.3 Å². The third kappa shape index (κ3) is 8.44. The van der Waals surface area contributed by atoms with Crippen molar-refractivity contribution in [3.05, 3.63) is 124 Å². The third-order valence-corrected chi connectivity index (χ3v) is 8.23. The van der Waals surface area contributed by atoms with Crippen molar-refractivity contribution in [1.29, 1.82) is 0 Å². The zero-order valence-corrected chi connectivity index (χ0v) is 26.9. The first-order valence-electron chi connectivity index (χ1n) is 14.7. The fraction of sp³-hybridized carbons (Fsp3) is 0.257. The fourth-order valence-electron chi connectivity index (χ4n) is 5.16. The molecule has 0 saturated carbocycles. The van der Waals surface area contributed by atoms with Gasteiger partial charge in [-0.3, -0.25) is 4.79 Å². The Morgan fingerprint density at radius 3 is 2.38 bits per heavy atom. The van der Waals surface area contributed by atoms with E-state index in [9.17, 15) is 18.0 Å². The van der Waals surface area contributed by atoms with Crippen LogP contribution in [0.4, 0.5) is 13.2 Å². The quantitative estimate of drug-likeness (QED) is 0.146. The molecule has 12 heteroatoms. The second kappa shape index (κ2) is 14.9. The number of halogens is 4. The van der Waals surface area contributed by atoms with Crippen LogP contribution in [0, 0.1) is 0 Å². The van der Waals surface area contributed by atoms with E-state index in [1.165, 1.54) is 24.3 Å². The number of carbonyl (C=O) groups excluding carboxylic acids is 1. The molecule has 47 heavy (non-hydrogen) atoms. The van der Waals surface area contributed by atoms with E-state index in [0.29, 0.717) is 41.2 Å². The Hall–Kier alpha value is -4.55. The van der Waals surface area contributed by atoms with Gasteiger partial charge in [0.25, 0.3) is 5.91 Å². The van der Waals surface area contributed by atoms with Crippen LogP contribution in [0.25, 0.3) is 0 Å². The molecule has 0 unspecified atom stereocenters. The van der Waals surface area contributed by atoms with E-state index < -0.39 is 23.9 Å². The molecule has 1 heterocycles. The summed E-state index contributed by atoms with van der Waals surface area (Å²) in [6.45, 7) is 0.394. The number of benzene rings is 4. The maximum Gasteiger partial charge on any atom is 0.573 e. The minimum absolute atomic E-state index is 0.0123. The smallest absolute Gasteiger partial charge is 0.497 e. The summed E-state index contributed by atoms with van der Waals surface area (Å²) in [5, 5.41) is 12.0. The zero-order chi connectivity index (χ0) is 33.4. The van der Waals surface area contributed by atoms with Gasteiger partial charge in [-0.25, -0.2) is 4.99 Å². The molecule has 4 aromatic rings. The highest BCUT2D eigenvalue weighted by atomic mass is 79.9. The molecule has 5 rings (SSSR count). The Bertz CT molecular complexity index is 1700. The van der Waals surface area contributed by atoms with Crippen molar-refractivity contribution >= 4 is 27.7 Å². The second-order valence-corrected chi connectivity index (χ2v) is 11.6. The molecule has 4 aromatic carbocycles. The van der Waals surface area contributed by atoms with Crippen LogP contribution in [0.3, 0.4) is 0 Å². The first-order valence-corrected chi connectivity index (χ1v) is 15.5. The van der Waals surface area contributed by atoms with Gasteiger partial charge >= 0.3 is 6.36 Å². The lowest BCUT2D eigenvalue weighted by Gasteiger charge is -2.31. The lowest BCUT2D eigenvalue weighted by atomic mass is 9.82. The predicted octanol–water partition coefficient (Wildman–Crippen LogP) is 6.93. The van der Waals surface area contributed by atoms with E-state index in [4.69, 9.17) is 24.3 Å². The molecule has 0 aromatic heterocycles. The van der Waals surface area contributed by atoms with Crippen LogP contribution in [0.2, 0.25) is 0 Å². The summed E-state index contributed by atoms with van der Waals surface area (Å²) in [4.78, 5) is 19.5. The molecule has 0 fully saturated rings. The number of aliphatic hydroxyl groups is 1. The van der Waals surface area contributed by atoms with E-state index in [0.717, 1.165) is 10.0 Å². The minimum Gasteiger partial charge on any atom is -0.497 e. The molecule has 1 aliphatic heterocycles. The highest BCUT2D eigenvalue weighted by molar-refractivity contribution is 9.10. The number of amides is 1. The van der Waals surface area contributed by atoms with E-state index >= 15 is 0 Å². The second-order valence-electron chi connectivity index (χ2n) is 10.7. The number of ether oxygens (including phenoxy) is 4. The number of carbonyl (C=O) groups is 1. The summed E-state index contributed by atoms with van der Waals surface area (Å²) in [6, 6.07) is 27.1. The number of nitrogens with zero attached hydrogens (tertiary/aromatic N) is 1. The first kappa shape index (κ1) is 33.8. The molecule has 2 N–H and O–H groups in total. The van der Waals surface area contributed by atoms with Gasteiger partial charge in [0.2, 0.25) is 5.90 Å². The summed E-state index contributed by atoms with van der Waals surface area (Å²) in [7, 11) is 1.55. The topological polar surface area (TPSA) is 98.6 Å². The van der Waals surface area contributed by atoms with E-state index in [1.54, 1.807) is 49.6 Å². The van der Waals surface area contributed by atoms with Crippen molar-refractivity contribution in [2.75, 3.05) is 20.3 Å². The van der Waals surface area contributed by atoms with E-state index in [2.05, 4.69) is 26.0 Å². The number of methoxy groups -OCH3 is 1. The van der Waals surface area contributed by atoms with Crippen LogP contribution >= 0.6 is 15.9 Å². The Morgan fingerprint density at radius 1 is 0.979 bits per heavy atom. The van der Waals surface area contributed by atoms with Crippen LogP contribution in [-0.4, -0.2) is 49.1 Å². The number of hydrogen-bond donors (Lipinski definition) is 2. The molecule has 0 bridgehead atoms. The molecule has 0 saturated heterocycles. The van der Waals surface area contributed by atoms with Crippen molar-refractivity contribution in [1.82, 2.24) is 5.32 Å². The van der Waals surface area contributed by atoms with Crippen molar-refractivity contribution in [3.8, 4) is 17.2 Å². The standard InChI is InChI=1S/C35H32BrF3N2O6/c1-44-29-8-4-7-25(20-29)31-34(21-26-6-2-3-9-30(26)36,33(43)40-22-23-10-14-28(15-11-23)47-35(37,38)39)41-32(46-31)24-12-16-27(17-13-24)45-19-5-18-42/h2-4,6-17,20,31,42H,5,18-19,21-22H2,1H3,(H,40,43)/t31-,34-/m1/s1. The van der Waals surface area contributed by atoms with Gasteiger partial charge < -0.3 is 29.4 Å². The number of aliphatic imine (C=N–C) groups is 1. The molecule has 0 aliphatic carbocycles. The first-order chi connectivity index (χ1) is 22.6. The Balaban J connectivity index is 1.53. The summed E-state index contributed by atoms with van der Waals surface area (Å²) in [5.41, 5.74) is 1.13. The molecular weight excluding hydrogens is 681 g/mol. The number of alkyl halides is 3. The number of aliphatic hydroxyl groups excluding tert-OH is 1. The normalized spacial score (nSPS) is 17.4. The van der Waals surface area contributed by atoms with Crippen LogP contribution in [0.1, 0.15) is 34.8 Å². The van der Waals surface area contributed by atoms with Gasteiger partial charge in [0.05, 0.1) is 13.7 Å². The summed E-state index contributed by atoms with van der Waals surface area (Å²) >= 11 is 3.61. The van der Waals surface area contributed by atoms with Gasteiger partial charge in [0.1, 0.15) is 17.2 Å². The van der Waals surface area contributed by atoms with Gasteiger partial charge in [-0.2, -0.15) is 0 Å². The lowest BCUT2D eigenvalue weighted by molar-refractivity contribution is -0.274. The van der Waals surface area contributed by atoms with E-state index in [1.807, 2.05) is 30.3 Å². The lowest BCUT2D eigenvalue weighted by Crippen LogP contribution is -2.49. The largest absolute Gasteiger partial charge is 0.573 e. The van der Waals surface area contributed by atoms with Crippen LogP contribution < -0.4 is 19.5 Å². The van der Waals surface area contributed by atoms with Crippen LogP contribution in [0.15, 0.2) is 107 Å². The van der Waals surface area contributed by atoms with Gasteiger partial charge in [0.15, 0.2) is 11.6 Å². The Labute approximate surface area is 278 Å². The van der Waals surface area contributed by atoms with Crippen molar-refractivity contribution in [3.63, 3.8) is 0 Å². The van der Waals surface area contributed by atoms with Crippen molar-refractivity contribution in [2.45, 2.75) is 37.4 Å². The van der Waals surface area contributed by atoms with Crippen molar-refractivity contribution < 1.29 is 42.0 Å². The Morgan fingerprint density at radius 2 is 1.70 bits per heavy atom. The van der Waals surface area contributed by atoms with E-state index in [-0.39, 0.29) is 31.2 Å².